The fourth-order valence-electron chi connectivity index (χ4n) is 2.52. The van der Waals surface area contributed by atoms with Gasteiger partial charge < -0.3 is 30.3 Å². The topological polar surface area (TPSA) is 127 Å². The first kappa shape index (κ1) is 15.0. The zero-order chi connectivity index (χ0) is 16.9. The van der Waals surface area contributed by atoms with E-state index in [1.54, 1.807) is 0 Å². The average molecular weight is 318 g/mol. The van der Waals surface area contributed by atoms with Gasteiger partial charge >= 0.3 is 0 Å². The first-order valence-electron chi connectivity index (χ1n) is 6.77. The molecule has 1 aliphatic heterocycles. The van der Waals surface area contributed by atoms with Crippen LogP contribution in [0.25, 0.3) is 0 Å². The molecular weight excluding hydrogens is 304 g/mol. The zero-order valence-corrected chi connectivity index (χ0v) is 12.0. The van der Waals surface area contributed by atoms with Crippen LogP contribution in [0.1, 0.15) is 27.6 Å². The van der Waals surface area contributed by atoms with Gasteiger partial charge in [0.15, 0.2) is 23.7 Å². The first-order chi connectivity index (χ1) is 10.8. The third kappa shape index (κ3) is 2.22. The second-order valence-electron chi connectivity index (χ2n) is 5.34. The maximum absolute atomic E-state index is 12.4. The third-order valence-electron chi connectivity index (χ3n) is 3.87. The number of hydrogen-bond donors (Lipinski definition) is 5. The van der Waals surface area contributed by atoms with Crippen LogP contribution in [-0.2, 0) is 0 Å². The van der Waals surface area contributed by atoms with Gasteiger partial charge in [0.1, 0.15) is 22.8 Å². The Labute approximate surface area is 130 Å². The smallest absolute Gasteiger partial charge is 0.202 e. The van der Waals surface area contributed by atoms with Crippen LogP contribution in [0.2, 0.25) is 0 Å². The number of hydrogen-bond acceptors (Lipinski definition) is 7. The van der Waals surface area contributed by atoms with E-state index in [4.69, 9.17) is 4.74 Å². The molecule has 0 aromatic heterocycles. The summed E-state index contributed by atoms with van der Waals surface area (Å²) in [6.07, 6.45) is -2.76. The SMILES string of the molecule is Cc1c(O)cc2c(c1O)C(=O)[C@@H](O)[C@H](c1ccc(O)c(O)c1)O2. The number of phenols is 4. The second kappa shape index (κ2) is 5.06. The van der Waals surface area contributed by atoms with Crippen molar-refractivity contribution in [2.75, 3.05) is 0 Å². The van der Waals surface area contributed by atoms with Crippen LogP contribution in [-0.4, -0.2) is 37.4 Å². The second-order valence-corrected chi connectivity index (χ2v) is 5.34. The molecule has 0 radical (unpaired) electrons. The Hall–Kier alpha value is -2.93. The van der Waals surface area contributed by atoms with Gasteiger partial charge in [-0.1, -0.05) is 6.07 Å². The fourth-order valence-corrected chi connectivity index (χ4v) is 2.52. The number of benzene rings is 2. The molecule has 1 heterocycles. The lowest BCUT2D eigenvalue weighted by atomic mass is 9.91. The van der Waals surface area contributed by atoms with Gasteiger partial charge in [0.25, 0.3) is 0 Å². The molecule has 0 amide bonds. The van der Waals surface area contributed by atoms with E-state index in [-0.39, 0.29) is 33.9 Å². The van der Waals surface area contributed by atoms with Crippen molar-refractivity contribution in [2.24, 2.45) is 0 Å². The lowest BCUT2D eigenvalue weighted by Gasteiger charge is -2.30. The van der Waals surface area contributed by atoms with E-state index < -0.39 is 29.5 Å². The van der Waals surface area contributed by atoms with Crippen LogP contribution in [0, 0.1) is 6.92 Å². The van der Waals surface area contributed by atoms with Gasteiger partial charge in [-0.15, -0.1) is 0 Å². The molecule has 0 saturated carbocycles. The Morgan fingerprint density at radius 1 is 1.00 bits per heavy atom. The van der Waals surface area contributed by atoms with Crippen molar-refractivity contribution in [3.8, 4) is 28.7 Å². The molecule has 2 aromatic carbocycles. The van der Waals surface area contributed by atoms with Crippen LogP contribution >= 0.6 is 0 Å². The summed E-state index contributed by atoms with van der Waals surface area (Å²) in [4.78, 5) is 12.4. The van der Waals surface area contributed by atoms with Crippen molar-refractivity contribution in [1.82, 2.24) is 0 Å². The lowest BCUT2D eigenvalue weighted by molar-refractivity contribution is 0.0209. The number of ether oxygens (including phenoxy) is 1. The number of aromatic hydroxyl groups is 4. The summed E-state index contributed by atoms with van der Waals surface area (Å²) in [5.41, 5.74) is 0.159. The number of aliphatic hydroxyl groups excluding tert-OH is 1. The van der Waals surface area contributed by atoms with E-state index >= 15 is 0 Å². The molecule has 2 aromatic rings. The summed E-state index contributed by atoms with van der Waals surface area (Å²) in [6.45, 7) is 1.43. The number of Topliss-reactive ketones (excluding diaryl/α,β-unsaturated/α-hetero) is 1. The Kier molecular flexibility index (Phi) is 3.30. The highest BCUT2D eigenvalue weighted by molar-refractivity contribution is 6.06. The fraction of sp³-hybridized carbons (Fsp3) is 0.188. The number of rotatable bonds is 1. The predicted octanol–water partition coefficient (Wildman–Crippen LogP) is 1.49. The van der Waals surface area contributed by atoms with Crippen molar-refractivity contribution in [3.05, 3.63) is 41.0 Å². The van der Waals surface area contributed by atoms with Gasteiger partial charge in [-0.05, 0) is 24.6 Å². The van der Waals surface area contributed by atoms with Gasteiger partial charge in [0, 0.05) is 11.6 Å². The van der Waals surface area contributed by atoms with Crippen molar-refractivity contribution in [3.63, 3.8) is 0 Å². The normalized spacial score (nSPS) is 20.0. The van der Waals surface area contributed by atoms with Gasteiger partial charge in [-0.2, -0.15) is 0 Å². The molecule has 23 heavy (non-hydrogen) atoms. The Balaban J connectivity index is 2.11. The molecule has 0 bridgehead atoms. The molecule has 7 nitrogen and oxygen atoms in total. The van der Waals surface area contributed by atoms with Crippen molar-refractivity contribution < 1.29 is 35.1 Å². The molecule has 0 aliphatic carbocycles. The standard InChI is InChI=1S/C16H14O7/c1-6-9(18)5-11-12(13(6)20)14(21)15(22)16(23-11)7-2-3-8(17)10(19)4-7/h2-5,15-20,22H,1H3/t15-,16+/m1/s1. The molecule has 7 heteroatoms. The summed E-state index contributed by atoms with van der Waals surface area (Å²) in [5, 5.41) is 48.8. The summed E-state index contributed by atoms with van der Waals surface area (Å²) >= 11 is 0. The number of phenolic OH excluding ortho intramolecular Hbond substituents is 4. The predicted molar refractivity (Wildman–Crippen MR) is 78.0 cm³/mol. The summed E-state index contributed by atoms with van der Waals surface area (Å²) in [5.74, 6) is -2.31. The maximum atomic E-state index is 12.4. The largest absolute Gasteiger partial charge is 0.507 e. The minimum Gasteiger partial charge on any atom is -0.507 e. The lowest BCUT2D eigenvalue weighted by Crippen LogP contribution is -2.36. The number of aliphatic hydroxyl groups is 1. The molecule has 120 valence electrons. The molecule has 1 aliphatic rings. The van der Waals surface area contributed by atoms with E-state index in [1.165, 1.54) is 25.1 Å². The number of carbonyl (C=O) groups is 1. The molecular formula is C16H14O7. The zero-order valence-electron chi connectivity index (χ0n) is 12.0. The van der Waals surface area contributed by atoms with Gasteiger partial charge in [0.2, 0.25) is 5.78 Å². The van der Waals surface area contributed by atoms with Crippen molar-refractivity contribution in [2.45, 2.75) is 19.1 Å². The minimum atomic E-state index is -1.61. The number of fused-ring (bicyclic) bond motifs is 1. The van der Waals surface area contributed by atoms with E-state index in [1.807, 2.05) is 0 Å². The minimum absolute atomic E-state index is 0.0709. The summed E-state index contributed by atoms with van der Waals surface area (Å²) < 4.78 is 5.53. The Bertz CT molecular complexity index is 813. The van der Waals surface area contributed by atoms with Gasteiger partial charge in [-0.25, -0.2) is 0 Å². The summed E-state index contributed by atoms with van der Waals surface area (Å²) in [7, 11) is 0. The molecule has 0 saturated heterocycles. The molecule has 5 N–H and O–H groups in total. The summed E-state index contributed by atoms with van der Waals surface area (Å²) in [6, 6.07) is 4.93. The molecule has 2 atom stereocenters. The number of ketones is 1. The van der Waals surface area contributed by atoms with E-state index in [9.17, 15) is 30.3 Å². The van der Waals surface area contributed by atoms with Gasteiger partial charge in [-0.3, -0.25) is 4.79 Å². The molecule has 0 fully saturated rings. The van der Waals surface area contributed by atoms with Crippen LogP contribution in [0.5, 0.6) is 28.7 Å². The first-order valence-corrected chi connectivity index (χ1v) is 6.77. The average Bonchev–Trinajstić information content (AvgIpc) is 2.51. The Morgan fingerprint density at radius 2 is 1.70 bits per heavy atom. The number of carbonyl (C=O) groups excluding carboxylic acids is 1. The van der Waals surface area contributed by atoms with Crippen LogP contribution in [0.4, 0.5) is 0 Å². The quantitative estimate of drug-likeness (QED) is 0.504. The maximum Gasteiger partial charge on any atom is 0.202 e. The Morgan fingerprint density at radius 3 is 2.35 bits per heavy atom. The van der Waals surface area contributed by atoms with Crippen LogP contribution in [0.3, 0.4) is 0 Å². The monoisotopic (exact) mass is 318 g/mol. The highest BCUT2D eigenvalue weighted by atomic mass is 16.5. The highest BCUT2D eigenvalue weighted by Crippen LogP contribution is 2.44. The molecule has 3 rings (SSSR count). The van der Waals surface area contributed by atoms with Crippen molar-refractivity contribution >= 4 is 5.78 Å². The molecule has 0 unspecified atom stereocenters. The van der Waals surface area contributed by atoms with Crippen LogP contribution < -0.4 is 4.74 Å². The third-order valence-corrected chi connectivity index (χ3v) is 3.87. The van der Waals surface area contributed by atoms with Crippen LogP contribution in [0.15, 0.2) is 24.3 Å². The van der Waals surface area contributed by atoms with Gasteiger partial charge in [0.05, 0.1) is 0 Å². The molecule has 0 spiro atoms. The van der Waals surface area contributed by atoms with Crippen molar-refractivity contribution in [1.29, 1.82) is 0 Å². The van der Waals surface area contributed by atoms with E-state index in [2.05, 4.69) is 0 Å². The van der Waals surface area contributed by atoms with E-state index in [0.29, 0.717) is 0 Å². The highest BCUT2D eigenvalue weighted by Gasteiger charge is 2.40. The van der Waals surface area contributed by atoms with E-state index in [0.717, 1.165) is 6.07 Å².